The largest absolute Gasteiger partial charge is 0.487 e. The van der Waals surface area contributed by atoms with Crippen molar-refractivity contribution in [3.05, 3.63) is 52.4 Å². The molecule has 1 N–H and O–H groups in total. The van der Waals surface area contributed by atoms with E-state index in [0.717, 1.165) is 0 Å². The van der Waals surface area contributed by atoms with Crippen LogP contribution < -0.4 is 9.47 Å². The summed E-state index contributed by atoms with van der Waals surface area (Å²) in [6, 6.07) is 6.03. The van der Waals surface area contributed by atoms with Gasteiger partial charge in [0.15, 0.2) is 6.61 Å². The first-order valence-corrected chi connectivity index (χ1v) is 6.72. The van der Waals surface area contributed by atoms with Crippen LogP contribution in [0.3, 0.4) is 0 Å². The molecular weight excluding hydrogens is 313 g/mol. The lowest BCUT2D eigenvalue weighted by molar-refractivity contribution is -0.139. The van der Waals surface area contributed by atoms with Crippen LogP contribution in [0, 0.1) is 12.7 Å². The number of carbonyl (C=O) groups is 1. The number of aryl methyl sites for hydroxylation is 1. The molecule has 0 atom stereocenters. The minimum absolute atomic E-state index is 0.0631. The lowest BCUT2D eigenvalue weighted by atomic mass is 10.2. The first-order valence-electron chi connectivity index (χ1n) is 6.34. The number of hydrogen-bond acceptors (Lipinski definition) is 4. The van der Waals surface area contributed by atoms with E-state index in [-0.39, 0.29) is 17.5 Å². The normalized spacial score (nSPS) is 10.3. The summed E-state index contributed by atoms with van der Waals surface area (Å²) in [5, 5.41) is 8.78. The number of nitrogens with zero attached hydrogens (tertiary/aromatic N) is 1. The van der Waals surface area contributed by atoms with Gasteiger partial charge in [0.05, 0.1) is 10.6 Å². The van der Waals surface area contributed by atoms with Crippen LogP contribution in [0.25, 0.3) is 0 Å². The molecule has 1 aromatic heterocycles. The Kier molecular flexibility index (Phi) is 5.16. The van der Waals surface area contributed by atoms with Gasteiger partial charge in [0, 0.05) is 6.20 Å². The van der Waals surface area contributed by atoms with Crippen LogP contribution in [-0.4, -0.2) is 22.7 Å². The summed E-state index contributed by atoms with van der Waals surface area (Å²) in [4.78, 5) is 14.5. The van der Waals surface area contributed by atoms with E-state index in [0.29, 0.717) is 16.9 Å². The van der Waals surface area contributed by atoms with Gasteiger partial charge in [-0.1, -0.05) is 11.6 Å². The summed E-state index contributed by atoms with van der Waals surface area (Å²) in [5.74, 6) is -1.02. The zero-order valence-electron chi connectivity index (χ0n) is 11.7. The van der Waals surface area contributed by atoms with Gasteiger partial charge in [-0.3, -0.25) is 0 Å². The van der Waals surface area contributed by atoms with Crippen LogP contribution in [0.2, 0.25) is 5.02 Å². The number of hydrogen-bond donors (Lipinski definition) is 1. The number of ether oxygens (including phenoxy) is 2. The van der Waals surface area contributed by atoms with E-state index < -0.39 is 18.4 Å². The predicted octanol–water partition coefficient (Wildman–Crippen LogP) is 3.22. The van der Waals surface area contributed by atoms with Gasteiger partial charge in [-0.05, 0) is 36.8 Å². The Bertz CT molecular complexity index is 693. The molecule has 0 saturated heterocycles. The van der Waals surface area contributed by atoms with Crippen molar-refractivity contribution in [1.82, 2.24) is 4.98 Å². The van der Waals surface area contributed by atoms with Crippen LogP contribution in [0.4, 0.5) is 4.39 Å². The van der Waals surface area contributed by atoms with Crippen LogP contribution in [0.1, 0.15) is 11.1 Å². The Morgan fingerprint density at radius 3 is 2.91 bits per heavy atom. The van der Waals surface area contributed by atoms with Crippen molar-refractivity contribution in [3.63, 3.8) is 0 Å². The topological polar surface area (TPSA) is 68.7 Å². The SMILES string of the molecule is Cc1cc(OCc2cccnc2OCC(=O)O)c(Cl)cc1F. The average Bonchev–Trinajstić information content (AvgIpc) is 2.48. The summed E-state index contributed by atoms with van der Waals surface area (Å²) in [6.07, 6.45) is 1.48. The third kappa shape index (κ3) is 4.08. The summed E-state index contributed by atoms with van der Waals surface area (Å²) in [7, 11) is 0. The Labute approximate surface area is 131 Å². The van der Waals surface area contributed by atoms with Crippen LogP contribution in [-0.2, 0) is 11.4 Å². The smallest absolute Gasteiger partial charge is 0.341 e. The molecule has 0 unspecified atom stereocenters. The Hall–Kier alpha value is -2.34. The van der Waals surface area contributed by atoms with Gasteiger partial charge in [-0.25, -0.2) is 14.2 Å². The van der Waals surface area contributed by atoms with E-state index >= 15 is 0 Å². The van der Waals surface area contributed by atoms with Gasteiger partial charge < -0.3 is 14.6 Å². The highest BCUT2D eigenvalue weighted by atomic mass is 35.5. The number of aromatic nitrogens is 1. The van der Waals surface area contributed by atoms with Gasteiger partial charge in [-0.15, -0.1) is 0 Å². The lowest BCUT2D eigenvalue weighted by Gasteiger charge is -2.12. The molecule has 0 radical (unpaired) electrons. The maximum absolute atomic E-state index is 13.3. The van der Waals surface area contributed by atoms with Gasteiger partial charge in [-0.2, -0.15) is 0 Å². The van der Waals surface area contributed by atoms with Gasteiger partial charge in [0.1, 0.15) is 18.2 Å². The summed E-state index contributed by atoms with van der Waals surface area (Å²) in [5.41, 5.74) is 0.967. The highest BCUT2D eigenvalue weighted by molar-refractivity contribution is 6.32. The number of halogens is 2. The second-order valence-electron chi connectivity index (χ2n) is 4.47. The van der Waals surface area contributed by atoms with E-state index in [2.05, 4.69) is 4.98 Å². The second kappa shape index (κ2) is 7.09. The second-order valence-corrected chi connectivity index (χ2v) is 4.88. The van der Waals surface area contributed by atoms with Gasteiger partial charge in [0.25, 0.3) is 0 Å². The molecule has 2 aromatic rings. The molecular formula is C15H13ClFNO4. The maximum Gasteiger partial charge on any atom is 0.341 e. The number of rotatable bonds is 6. The van der Waals surface area contributed by atoms with Crippen LogP contribution in [0.5, 0.6) is 11.6 Å². The predicted molar refractivity (Wildman–Crippen MR) is 77.8 cm³/mol. The molecule has 2 rings (SSSR count). The van der Waals surface area contributed by atoms with Crippen molar-refractivity contribution in [1.29, 1.82) is 0 Å². The molecule has 1 heterocycles. The quantitative estimate of drug-likeness (QED) is 0.883. The van der Waals surface area contributed by atoms with E-state index in [1.807, 2.05) is 0 Å². The van der Waals surface area contributed by atoms with Gasteiger partial charge in [0.2, 0.25) is 5.88 Å². The molecule has 116 valence electrons. The Balaban J connectivity index is 2.11. The third-order valence-corrected chi connectivity index (χ3v) is 3.07. The molecule has 7 heteroatoms. The van der Waals surface area contributed by atoms with Crippen molar-refractivity contribution in [2.75, 3.05) is 6.61 Å². The summed E-state index contributed by atoms with van der Waals surface area (Å²) in [6.45, 7) is 1.16. The molecule has 1 aromatic carbocycles. The number of carboxylic acid groups (broad SMARTS) is 1. The monoisotopic (exact) mass is 325 g/mol. The molecule has 0 saturated carbocycles. The zero-order valence-corrected chi connectivity index (χ0v) is 12.4. The Morgan fingerprint density at radius 2 is 2.18 bits per heavy atom. The van der Waals surface area contributed by atoms with E-state index in [1.165, 1.54) is 18.3 Å². The average molecular weight is 326 g/mol. The zero-order chi connectivity index (χ0) is 16.1. The molecule has 0 fully saturated rings. The molecule has 0 amide bonds. The highest BCUT2D eigenvalue weighted by Gasteiger charge is 2.11. The molecule has 0 bridgehead atoms. The third-order valence-electron chi connectivity index (χ3n) is 2.78. The molecule has 0 aliphatic heterocycles. The van der Waals surface area contributed by atoms with Crippen molar-refractivity contribution >= 4 is 17.6 Å². The molecule has 0 spiro atoms. The molecule has 5 nitrogen and oxygen atoms in total. The fraction of sp³-hybridized carbons (Fsp3) is 0.200. The summed E-state index contributed by atoms with van der Waals surface area (Å²) < 4.78 is 24.0. The molecule has 0 aliphatic rings. The fourth-order valence-electron chi connectivity index (χ4n) is 1.69. The standard InChI is InChI=1S/C15H13ClFNO4/c1-9-5-13(11(16)6-12(9)17)21-7-10-3-2-4-18-15(10)22-8-14(19)20/h2-6H,7-8H2,1H3,(H,19,20). The van der Waals surface area contributed by atoms with Crippen LogP contribution >= 0.6 is 11.6 Å². The first-order chi connectivity index (χ1) is 10.5. The highest BCUT2D eigenvalue weighted by Crippen LogP contribution is 2.28. The van der Waals surface area contributed by atoms with Crippen LogP contribution in [0.15, 0.2) is 30.5 Å². The van der Waals surface area contributed by atoms with Gasteiger partial charge >= 0.3 is 5.97 Å². The van der Waals surface area contributed by atoms with Crippen molar-refractivity contribution in [2.24, 2.45) is 0 Å². The van der Waals surface area contributed by atoms with Crippen molar-refractivity contribution in [2.45, 2.75) is 13.5 Å². The van der Waals surface area contributed by atoms with E-state index in [4.69, 9.17) is 26.2 Å². The summed E-state index contributed by atoms with van der Waals surface area (Å²) >= 11 is 5.92. The van der Waals surface area contributed by atoms with Crippen molar-refractivity contribution < 1.29 is 23.8 Å². The minimum atomic E-state index is -1.10. The fourth-order valence-corrected chi connectivity index (χ4v) is 1.90. The maximum atomic E-state index is 13.3. The minimum Gasteiger partial charge on any atom is -0.487 e. The number of benzene rings is 1. The Morgan fingerprint density at radius 1 is 1.41 bits per heavy atom. The lowest BCUT2D eigenvalue weighted by Crippen LogP contribution is -2.12. The number of pyridine rings is 1. The first kappa shape index (κ1) is 16.0. The van der Waals surface area contributed by atoms with Crippen molar-refractivity contribution in [3.8, 4) is 11.6 Å². The molecule has 22 heavy (non-hydrogen) atoms. The van der Waals surface area contributed by atoms with E-state index in [9.17, 15) is 9.18 Å². The number of aliphatic carboxylic acids is 1. The molecule has 0 aliphatic carbocycles. The number of carboxylic acids is 1. The van der Waals surface area contributed by atoms with E-state index in [1.54, 1.807) is 19.1 Å².